The minimum absolute atomic E-state index is 0.0947. The summed E-state index contributed by atoms with van der Waals surface area (Å²) in [4.78, 5) is 37.9. The molecule has 5 rings (SSSR count). The third-order valence-electron chi connectivity index (χ3n) is 5.72. The van der Waals surface area contributed by atoms with Gasteiger partial charge in [-0.05, 0) is 60.7 Å². The van der Waals surface area contributed by atoms with Crippen molar-refractivity contribution in [2.75, 3.05) is 11.9 Å². The Hall–Kier alpha value is -5.11. The predicted molar refractivity (Wildman–Crippen MR) is 142 cm³/mol. The van der Waals surface area contributed by atoms with Gasteiger partial charge in [0.05, 0.1) is 22.4 Å². The highest BCUT2D eigenvalue weighted by molar-refractivity contribution is 5.95. The van der Waals surface area contributed by atoms with E-state index in [-0.39, 0.29) is 12.0 Å². The summed E-state index contributed by atoms with van der Waals surface area (Å²) >= 11 is 0. The van der Waals surface area contributed by atoms with Crippen LogP contribution in [-0.4, -0.2) is 23.1 Å². The molecule has 0 aliphatic rings. The van der Waals surface area contributed by atoms with Gasteiger partial charge >= 0.3 is 5.97 Å². The SMILES string of the molecule is O=C(COC(=O)Cn1c2ccccc2c(=O)c2ccccc21)Nc1ccc(N=Nc2ccccc2)cc1. The van der Waals surface area contributed by atoms with Crippen LogP contribution in [0.4, 0.5) is 17.1 Å². The normalized spacial score (nSPS) is 11.1. The minimum Gasteiger partial charge on any atom is -0.454 e. The molecule has 0 saturated carbocycles. The van der Waals surface area contributed by atoms with Crippen LogP contribution in [0.1, 0.15) is 0 Å². The van der Waals surface area contributed by atoms with Crippen LogP contribution in [0.25, 0.3) is 21.8 Å². The molecule has 0 radical (unpaired) electrons. The second kappa shape index (κ2) is 10.7. The molecule has 0 bridgehead atoms. The fraction of sp³-hybridized carbons (Fsp3) is 0.0690. The van der Waals surface area contributed by atoms with E-state index in [9.17, 15) is 14.4 Å². The number of nitrogens with zero attached hydrogens (tertiary/aromatic N) is 3. The van der Waals surface area contributed by atoms with Gasteiger partial charge in [0, 0.05) is 16.5 Å². The van der Waals surface area contributed by atoms with Crippen molar-refractivity contribution in [2.45, 2.75) is 6.54 Å². The first-order chi connectivity index (χ1) is 18.1. The van der Waals surface area contributed by atoms with Crippen molar-refractivity contribution < 1.29 is 14.3 Å². The average molecular weight is 491 g/mol. The number of rotatable bonds is 7. The van der Waals surface area contributed by atoms with Crippen LogP contribution < -0.4 is 10.7 Å². The molecule has 0 aliphatic heterocycles. The highest BCUT2D eigenvalue weighted by Gasteiger charge is 2.14. The van der Waals surface area contributed by atoms with Crippen molar-refractivity contribution in [1.29, 1.82) is 0 Å². The number of azo groups is 1. The van der Waals surface area contributed by atoms with Gasteiger partial charge in [-0.15, -0.1) is 0 Å². The Kier molecular flexibility index (Phi) is 6.80. The number of carbonyl (C=O) groups is 2. The maximum Gasteiger partial charge on any atom is 0.326 e. The quantitative estimate of drug-likeness (QED) is 0.178. The fourth-order valence-corrected chi connectivity index (χ4v) is 3.99. The van der Waals surface area contributed by atoms with Gasteiger partial charge in [-0.1, -0.05) is 42.5 Å². The molecule has 0 aliphatic carbocycles. The van der Waals surface area contributed by atoms with Gasteiger partial charge in [0.15, 0.2) is 12.0 Å². The summed E-state index contributed by atoms with van der Waals surface area (Å²) in [6, 6.07) is 30.4. The fourth-order valence-electron chi connectivity index (χ4n) is 3.99. The molecule has 8 nitrogen and oxygen atoms in total. The Balaban J connectivity index is 1.22. The van der Waals surface area contributed by atoms with Crippen LogP contribution in [0.3, 0.4) is 0 Å². The molecular weight excluding hydrogens is 468 g/mol. The third-order valence-corrected chi connectivity index (χ3v) is 5.72. The molecule has 1 N–H and O–H groups in total. The number of fused-ring (bicyclic) bond motifs is 2. The number of esters is 1. The standard InChI is InChI=1S/C29H22N4O4/c34-27(30-20-14-16-22(17-15-20)32-31-21-8-2-1-3-9-21)19-37-28(35)18-33-25-12-6-4-10-23(25)29(36)24-11-5-7-13-26(24)33/h1-17H,18-19H2,(H,30,34). The van der Waals surface area contributed by atoms with E-state index in [4.69, 9.17) is 4.74 Å². The summed E-state index contributed by atoms with van der Waals surface area (Å²) < 4.78 is 6.97. The zero-order valence-corrected chi connectivity index (χ0v) is 19.7. The summed E-state index contributed by atoms with van der Waals surface area (Å²) in [7, 11) is 0. The van der Waals surface area contributed by atoms with E-state index in [2.05, 4.69) is 15.5 Å². The molecule has 0 fully saturated rings. The number of para-hydroxylation sites is 2. The highest BCUT2D eigenvalue weighted by Crippen LogP contribution is 2.21. The lowest BCUT2D eigenvalue weighted by Gasteiger charge is -2.14. The summed E-state index contributed by atoms with van der Waals surface area (Å²) in [5.41, 5.74) is 3.06. The van der Waals surface area contributed by atoms with E-state index >= 15 is 0 Å². The molecule has 0 saturated heterocycles. The van der Waals surface area contributed by atoms with E-state index in [0.717, 1.165) is 5.69 Å². The van der Waals surface area contributed by atoms with Gasteiger partial charge in [0.25, 0.3) is 5.91 Å². The number of aromatic nitrogens is 1. The van der Waals surface area contributed by atoms with Crippen LogP contribution in [0.5, 0.6) is 0 Å². The first-order valence-electron chi connectivity index (χ1n) is 11.6. The van der Waals surface area contributed by atoms with Gasteiger partial charge in [0.2, 0.25) is 0 Å². The Morgan fingerprint density at radius 1 is 0.703 bits per heavy atom. The van der Waals surface area contributed by atoms with Crippen molar-refractivity contribution in [1.82, 2.24) is 4.57 Å². The lowest BCUT2D eigenvalue weighted by molar-refractivity contribution is -0.147. The van der Waals surface area contributed by atoms with Crippen molar-refractivity contribution in [3.05, 3.63) is 113 Å². The number of benzene rings is 4. The van der Waals surface area contributed by atoms with E-state index in [1.165, 1.54) is 0 Å². The Labute approximate surface area is 211 Å². The third kappa shape index (κ3) is 5.43. The topological polar surface area (TPSA) is 102 Å². The number of pyridine rings is 1. The number of hydrogen-bond acceptors (Lipinski definition) is 6. The van der Waals surface area contributed by atoms with Crippen LogP contribution in [0, 0.1) is 0 Å². The Morgan fingerprint density at radius 2 is 1.24 bits per heavy atom. The average Bonchev–Trinajstić information content (AvgIpc) is 2.94. The molecule has 5 aromatic rings. The molecule has 1 heterocycles. The number of amides is 1. The van der Waals surface area contributed by atoms with E-state index in [1.54, 1.807) is 77.4 Å². The van der Waals surface area contributed by atoms with Crippen molar-refractivity contribution >= 4 is 50.7 Å². The van der Waals surface area contributed by atoms with Crippen molar-refractivity contribution in [3.8, 4) is 0 Å². The largest absolute Gasteiger partial charge is 0.454 e. The lowest BCUT2D eigenvalue weighted by Crippen LogP contribution is -2.24. The number of carbonyl (C=O) groups excluding carboxylic acids is 2. The zero-order valence-electron chi connectivity index (χ0n) is 19.7. The Bertz CT molecular complexity index is 1620. The number of nitrogens with one attached hydrogen (secondary N) is 1. The molecule has 0 unspecified atom stereocenters. The lowest BCUT2D eigenvalue weighted by atomic mass is 10.1. The predicted octanol–water partition coefficient (Wildman–Crippen LogP) is 5.75. The monoisotopic (exact) mass is 490 g/mol. The Morgan fingerprint density at radius 3 is 1.86 bits per heavy atom. The number of anilines is 1. The van der Waals surface area contributed by atoms with Gasteiger partial charge in [0.1, 0.15) is 6.54 Å². The minimum atomic E-state index is -0.592. The van der Waals surface area contributed by atoms with Gasteiger partial charge in [-0.3, -0.25) is 14.4 Å². The first-order valence-corrected chi connectivity index (χ1v) is 11.6. The molecule has 8 heteroatoms. The van der Waals surface area contributed by atoms with Crippen molar-refractivity contribution in [2.24, 2.45) is 10.2 Å². The van der Waals surface area contributed by atoms with E-state index < -0.39 is 18.5 Å². The molecule has 0 spiro atoms. The molecule has 1 amide bonds. The van der Waals surface area contributed by atoms with Gasteiger partial charge in [-0.2, -0.15) is 10.2 Å². The molecule has 1 aromatic heterocycles. The van der Waals surface area contributed by atoms with Gasteiger partial charge < -0.3 is 14.6 Å². The van der Waals surface area contributed by atoms with E-state index in [1.807, 2.05) is 30.3 Å². The van der Waals surface area contributed by atoms with E-state index in [0.29, 0.717) is 33.2 Å². The molecule has 182 valence electrons. The first kappa shape index (κ1) is 23.6. The zero-order chi connectivity index (χ0) is 25.6. The maximum absolute atomic E-state index is 12.8. The summed E-state index contributed by atoms with van der Waals surface area (Å²) in [5.74, 6) is -1.06. The molecule has 0 atom stereocenters. The van der Waals surface area contributed by atoms with Crippen LogP contribution in [-0.2, 0) is 20.9 Å². The van der Waals surface area contributed by atoms with Crippen molar-refractivity contribution in [3.63, 3.8) is 0 Å². The summed E-state index contributed by atoms with van der Waals surface area (Å²) in [6.45, 7) is -0.583. The number of ether oxygens (including phenoxy) is 1. The molecular formula is C29H22N4O4. The summed E-state index contributed by atoms with van der Waals surface area (Å²) in [5, 5.41) is 12.0. The highest BCUT2D eigenvalue weighted by atomic mass is 16.5. The maximum atomic E-state index is 12.8. The number of hydrogen-bond donors (Lipinski definition) is 1. The van der Waals surface area contributed by atoms with Crippen LogP contribution in [0.2, 0.25) is 0 Å². The van der Waals surface area contributed by atoms with Gasteiger partial charge in [-0.25, -0.2) is 0 Å². The second-order valence-corrected chi connectivity index (χ2v) is 8.24. The summed E-state index contributed by atoms with van der Waals surface area (Å²) in [6.07, 6.45) is 0. The molecule has 37 heavy (non-hydrogen) atoms. The smallest absolute Gasteiger partial charge is 0.326 e. The molecule has 4 aromatic carbocycles. The van der Waals surface area contributed by atoms with Crippen LogP contribution >= 0.6 is 0 Å². The van der Waals surface area contributed by atoms with Crippen LogP contribution in [0.15, 0.2) is 118 Å². The second-order valence-electron chi connectivity index (χ2n) is 8.24.